The molecule has 2 N–H and O–H groups in total. The zero-order valence-electron chi connectivity index (χ0n) is 64.7. The van der Waals surface area contributed by atoms with Crippen molar-refractivity contribution in [3.05, 3.63) is 101 Å². The van der Waals surface area contributed by atoms with E-state index in [1.54, 1.807) is 0 Å². The van der Waals surface area contributed by atoms with Crippen LogP contribution in [0.25, 0.3) is 0 Å². The van der Waals surface area contributed by atoms with Gasteiger partial charge in [0.2, 0.25) is 27.1 Å². The van der Waals surface area contributed by atoms with Gasteiger partial charge in [-0.15, -0.1) is 0 Å². The summed E-state index contributed by atoms with van der Waals surface area (Å²) >= 11 is 26.0. The van der Waals surface area contributed by atoms with Gasteiger partial charge in [-0.25, -0.2) is 0 Å². The van der Waals surface area contributed by atoms with Crippen molar-refractivity contribution >= 4 is 89.5 Å². The van der Waals surface area contributed by atoms with E-state index in [-0.39, 0.29) is 54.2 Å². The van der Waals surface area contributed by atoms with E-state index in [0.717, 1.165) is 180 Å². The minimum absolute atomic E-state index is 0.0471. The van der Waals surface area contributed by atoms with E-state index in [9.17, 15) is 24.0 Å². The number of hydrogen-bond donors (Lipinski definition) is 2. The van der Waals surface area contributed by atoms with Crippen LogP contribution in [0.3, 0.4) is 0 Å². The van der Waals surface area contributed by atoms with Crippen molar-refractivity contribution in [3.63, 3.8) is 0 Å². The molecule has 20 heteroatoms. The third-order valence-corrected chi connectivity index (χ3v) is 19.2. The molecule has 0 bridgehead atoms. The first-order valence-electron chi connectivity index (χ1n) is 35.1. The zero-order chi connectivity index (χ0) is 73.6. The average molecular weight is 1410 g/mol. The second-order valence-corrected chi connectivity index (χ2v) is 32.9. The fourth-order valence-corrected chi connectivity index (χ4v) is 13.4. The molecule has 5 rings (SSSR count). The summed E-state index contributed by atoms with van der Waals surface area (Å²) in [5.74, 6) is 0. The standard InChI is InChI=1S/C16H28N2OS.3C15H26N2OS.C14H24N2OS/c1-6-9-18(10-7-2)11-8-17-13-12(16(3,4)5)14(19)15(13)20;1-7-8-16(5)9-10-17(6)12-11(15(2,3)4)13(18)14(12)19;1-7-17(8-2)10-9-16(6)12-11(15(3,4)5)13(18)14(12)19;1-6-9-17(7-2)10-8-16-12-11(15(3,4)5)13(18)14(12)19;1-7-15(5)8-9-16(6)11-10(14(2,3)4)12(17)13(11)18/h17H,6-11H2,1-5H3;2*7-10H2,1-6H3;16H,6-10H2,1-5H3;7-9H2,1-6H3. The van der Waals surface area contributed by atoms with Crippen LogP contribution in [-0.4, -0.2) is 178 Å². The van der Waals surface area contributed by atoms with Crippen molar-refractivity contribution in [2.24, 2.45) is 0 Å². The van der Waals surface area contributed by atoms with Crippen molar-refractivity contribution in [3.8, 4) is 0 Å². The molecule has 0 heterocycles. The predicted molar refractivity (Wildman–Crippen MR) is 428 cm³/mol. The molecular formula is C75H130N10O5S5. The molecule has 540 valence electrons. The van der Waals surface area contributed by atoms with Gasteiger partial charge in [-0.3, -0.25) is 24.0 Å². The molecule has 0 saturated carbocycles. The van der Waals surface area contributed by atoms with E-state index in [4.69, 9.17) is 61.1 Å². The highest BCUT2D eigenvalue weighted by molar-refractivity contribution is 7.72. The maximum Gasteiger partial charge on any atom is 0.204 e. The normalized spacial score (nSPS) is 12.3. The Morgan fingerprint density at radius 2 is 0.547 bits per heavy atom. The first-order valence-corrected chi connectivity index (χ1v) is 37.2. The molecule has 0 fully saturated rings. The fourth-order valence-electron chi connectivity index (χ4n) is 11.7. The van der Waals surface area contributed by atoms with Crippen molar-refractivity contribution in [2.45, 2.75) is 212 Å². The van der Waals surface area contributed by atoms with E-state index in [0.29, 0.717) is 22.6 Å². The monoisotopic (exact) mass is 1410 g/mol. The van der Waals surface area contributed by atoms with E-state index in [1.807, 2.05) is 21.1 Å². The Kier molecular flexibility index (Phi) is 37.5. The van der Waals surface area contributed by atoms with Gasteiger partial charge in [-0.2, -0.15) is 0 Å². The largest absolute Gasteiger partial charge is 0.382 e. The van der Waals surface area contributed by atoms with Crippen LogP contribution in [0.15, 0.2) is 24.0 Å². The molecule has 95 heavy (non-hydrogen) atoms. The van der Waals surface area contributed by atoms with Gasteiger partial charge < -0.3 is 49.8 Å². The van der Waals surface area contributed by atoms with Crippen LogP contribution in [0, 0.1) is 22.6 Å². The van der Waals surface area contributed by atoms with Crippen molar-refractivity contribution in [1.29, 1.82) is 0 Å². The number of hydrogen-bond acceptors (Lipinski definition) is 20. The molecule has 0 aromatic heterocycles. The van der Waals surface area contributed by atoms with Crippen LogP contribution in [0.4, 0.5) is 28.4 Å². The third kappa shape index (κ3) is 25.8. The van der Waals surface area contributed by atoms with Crippen LogP contribution in [0.5, 0.6) is 0 Å². The third-order valence-electron chi connectivity index (χ3n) is 17.3. The van der Waals surface area contributed by atoms with Crippen LogP contribution >= 0.6 is 61.1 Å². The Morgan fingerprint density at radius 3 is 0.821 bits per heavy atom. The highest BCUT2D eigenvalue weighted by Crippen LogP contribution is 2.36. The van der Waals surface area contributed by atoms with Crippen LogP contribution in [-0.2, 0) is 27.1 Å². The van der Waals surface area contributed by atoms with Gasteiger partial charge in [0, 0.05) is 114 Å². The van der Waals surface area contributed by atoms with Gasteiger partial charge in [0.1, 0.15) is 22.6 Å². The summed E-state index contributed by atoms with van der Waals surface area (Å²) in [6, 6.07) is 0. The Bertz CT molecular complexity index is 3510. The Morgan fingerprint density at radius 1 is 0.284 bits per heavy atom. The van der Waals surface area contributed by atoms with Crippen molar-refractivity contribution in [1.82, 2.24) is 24.5 Å². The first kappa shape index (κ1) is 89.3. The molecule has 0 atom stereocenters. The topological polar surface area (TPSA) is 135 Å². The van der Waals surface area contributed by atoms with E-state index in [1.165, 1.54) is 19.3 Å². The summed E-state index contributed by atoms with van der Waals surface area (Å²) in [6.45, 7) is 66.4. The van der Waals surface area contributed by atoms with E-state index >= 15 is 0 Å². The highest BCUT2D eigenvalue weighted by Gasteiger charge is 2.34. The van der Waals surface area contributed by atoms with Gasteiger partial charge in [-0.05, 0) is 119 Å². The molecule has 0 radical (unpaired) electrons. The van der Waals surface area contributed by atoms with Gasteiger partial charge in [0.25, 0.3) is 0 Å². The lowest BCUT2D eigenvalue weighted by molar-refractivity contribution is 0.285. The Labute approximate surface area is 601 Å². The van der Waals surface area contributed by atoms with Gasteiger partial charge in [0.15, 0.2) is 0 Å². The zero-order valence-corrected chi connectivity index (χ0v) is 68.8. The fraction of sp³-hybridized carbons (Fsp3) is 0.733. The molecule has 15 nitrogen and oxygen atoms in total. The Balaban J connectivity index is 0.000000594. The number of rotatable bonds is 32. The van der Waals surface area contributed by atoms with E-state index in [2.05, 4.69) is 223 Å². The molecule has 0 aliphatic rings. The quantitative estimate of drug-likeness (QED) is 0.0395. The lowest BCUT2D eigenvalue weighted by Crippen LogP contribution is -2.38. The van der Waals surface area contributed by atoms with Gasteiger partial charge in [-0.1, -0.05) is 220 Å². The lowest BCUT2D eigenvalue weighted by atomic mass is 9.82. The molecule has 5 aromatic rings. The van der Waals surface area contributed by atoms with Crippen molar-refractivity contribution in [2.75, 3.05) is 178 Å². The number of nitrogens with one attached hydrogen (secondary N) is 2. The second kappa shape index (κ2) is 39.9. The van der Waals surface area contributed by atoms with Crippen LogP contribution in [0.1, 0.15) is 213 Å². The van der Waals surface area contributed by atoms with Gasteiger partial charge in [0.05, 0.1) is 28.4 Å². The van der Waals surface area contributed by atoms with Crippen LogP contribution in [0.2, 0.25) is 0 Å². The van der Waals surface area contributed by atoms with Gasteiger partial charge >= 0.3 is 0 Å². The summed E-state index contributed by atoms with van der Waals surface area (Å²) in [5.41, 5.74) is 8.78. The van der Waals surface area contributed by atoms with E-state index < -0.39 is 0 Å². The number of likely N-dealkylation sites (N-methyl/N-ethyl adjacent to an activating group) is 7. The average Bonchev–Trinajstić information content (AvgIpc) is 0.791. The first-order chi connectivity index (χ1) is 43.8. The summed E-state index contributed by atoms with van der Waals surface area (Å²) < 4.78 is 2.47. The summed E-state index contributed by atoms with van der Waals surface area (Å²) in [7, 11) is 10.3. The lowest BCUT2D eigenvalue weighted by Gasteiger charge is -2.32. The maximum absolute atomic E-state index is 11.9. The molecular weight excluding hydrogens is 1280 g/mol. The summed E-state index contributed by atoms with van der Waals surface area (Å²) in [6.07, 6.45) is 4.67. The predicted octanol–water partition coefficient (Wildman–Crippen LogP) is 14.4. The maximum atomic E-state index is 11.9. The minimum Gasteiger partial charge on any atom is -0.382 e. The summed E-state index contributed by atoms with van der Waals surface area (Å²) in [5, 5.41) is 6.73. The molecule has 0 aliphatic heterocycles. The number of nitrogens with zero attached hydrogens (tertiary/aromatic N) is 8. The molecule has 0 aliphatic carbocycles. The number of anilines is 5. The SMILES string of the molecule is CCCN(C)CCN(C)c1c(C(C)(C)C)c(=O)c1=S.CCCN(CC)CCNc1c(C(C)(C)C)c(=O)c1=S.CCCN(CCC)CCNc1c(C(C)(C)C)c(=O)c1=S.CCN(C)CCN(C)c1c(C(C)(C)C)c(=O)c1=S.CCN(CC)CCN(C)c1c(C(C)(C)C)c(=O)c1=S. The Hall–Kier alpha value is -3.70. The molecule has 0 amide bonds. The van der Waals surface area contributed by atoms with Crippen molar-refractivity contribution < 1.29 is 0 Å². The second-order valence-electron chi connectivity index (χ2n) is 30.8. The molecule has 5 aromatic carbocycles. The molecule has 0 saturated heterocycles. The molecule has 0 spiro atoms. The highest BCUT2D eigenvalue weighted by atomic mass is 32.1. The summed E-state index contributed by atoms with van der Waals surface area (Å²) in [4.78, 5) is 77.6. The smallest absolute Gasteiger partial charge is 0.204 e. The minimum atomic E-state index is -0.131. The van der Waals surface area contributed by atoms with Crippen LogP contribution < -0.4 is 52.5 Å². The molecule has 0 unspecified atom stereocenters.